The minimum Gasteiger partial charge on any atom is -0.394 e. The highest BCUT2D eigenvalue weighted by Crippen LogP contribution is 2.30. The Morgan fingerprint density at radius 2 is 1.86 bits per heavy atom. The van der Waals surface area contributed by atoms with Gasteiger partial charge in [-0.15, -0.1) is 0 Å². The third-order valence-electron chi connectivity index (χ3n) is 3.27. The van der Waals surface area contributed by atoms with Gasteiger partial charge in [-0.05, 0) is 26.0 Å². The first-order chi connectivity index (χ1) is 9.75. The Morgan fingerprint density at radius 3 is 2.43 bits per heavy atom. The van der Waals surface area contributed by atoms with E-state index in [1.807, 2.05) is 0 Å². The van der Waals surface area contributed by atoms with Crippen molar-refractivity contribution >= 4 is 9.84 Å². The minimum absolute atomic E-state index is 0.141. The molecule has 2 N–H and O–H groups in total. The maximum absolute atomic E-state index is 12.2. The number of hydrogen-bond donors (Lipinski definition) is 2. The van der Waals surface area contributed by atoms with Crippen molar-refractivity contribution < 1.29 is 28.1 Å². The fourth-order valence-electron chi connectivity index (χ4n) is 2.37. The third-order valence-corrected chi connectivity index (χ3v) is 5.04. The molecule has 1 aromatic rings. The van der Waals surface area contributed by atoms with E-state index in [1.54, 1.807) is 32.0 Å². The second-order valence-electron chi connectivity index (χ2n) is 5.48. The average Bonchev–Trinajstić information content (AvgIpc) is 2.75. The predicted molar refractivity (Wildman–Crippen MR) is 75.4 cm³/mol. The molecule has 1 aliphatic rings. The molecule has 2 rings (SSSR count). The van der Waals surface area contributed by atoms with Crippen molar-refractivity contribution in [2.45, 2.75) is 42.8 Å². The largest absolute Gasteiger partial charge is 0.394 e. The van der Waals surface area contributed by atoms with Crippen LogP contribution in [0.15, 0.2) is 35.2 Å². The number of rotatable bonds is 5. The number of ether oxygens (including phenoxy) is 2. The normalized spacial score (nSPS) is 26.7. The van der Waals surface area contributed by atoms with E-state index in [4.69, 9.17) is 9.47 Å². The quantitative estimate of drug-likeness (QED) is 0.813. The highest BCUT2D eigenvalue weighted by atomic mass is 32.2. The summed E-state index contributed by atoms with van der Waals surface area (Å²) in [5.41, 5.74) is 0. The summed E-state index contributed by atoms with van der Waals surface area (Å²) in [5.74, 6) is -1.45. The van der Waals surface area contributed by atoms with Crippen molar-refractivity contribution in [1.29, 1.82) is 0 Å². The Kier molecular flexibility index (Phi) is 4.69. The molecule has 7 heteroatoms. The zero-order chi connectivity index (χ0) is 15.7. The van der Waals surface area contributed by atoms with Gasteiger partial charge in [-0.1, -0.05) is 18.2 Å². The first-order valence-corrected chi connectivity index (χ1v) is 8.33. The van der Waals surface area contributed by atoms with Crippen molar-refractivity contribution in [3.8, 4) is 0 Å². The summed E-state index contributed by atoms with van der Waals surface area (Å²) in [6.07, 6.45) is -2.92. The summed E-state index contributed by atoms with van der Waals surface area (Å²) in [6.45, 7) is 2.94. The number of aliphatic hydroxyl groups excluding tert-OH is 2. The molecule has 6 nitrogen and oxygen atoms in total. The van der Waals surface area contributed by atoms with E-state index in [0.717, 1.165) is 0 Å². The lowest BCUT2D eigenvalue weighted by atomic mass is 10.1. The van der Waals surface area contributed by atoms with E-state index >= 15 is 0 Å². The van der Waals surface area contributed by atoms with Crippen molar-refractivity contribution in [2.24, 2.45) is 0 Å². The van der Waals surface area contributed by atoms with Crippen LogP contribution in [0, 0.1) is 0 Å². The van der Waals surface area contributed by atoms with Gasteiger partial charge in [-0.25, -0.2) is 8.42 Å². The molecule has 0 unspecified atom stereocenters. The first-order valence-electron chi connectivity index (χ1n) is 6.67. The van der Waals surface area contributed by atoms with Gasteiger partial charge in [0.05, 0.1) is 23.4 Å². The van der Waals surface area contributed by atoms with Gasteiger partial charge in [0.2, 0.25) is 0 Å². The van der Waals surface area contributed by atoms with Gasteiger partial charge in [0.1, 0.15) is 12.2 Å². The first kappa shape index (κ1) is 16.4. The fraction of sp³-hybridized carbons (Fsp3) is 0.571. The molecule has 1 fully saturated rings. The second kappa shape index (κ2) is 6.02. The molecule has 118 valence electrons. The van der Waals surface area contributed by atoms with Crippen LogP contribution in [0.4, 0.5) is 0 Å². The zero-order valence-corrected chi connectivity index (χ0v) is 12.8. The van der Waals surface area contributed by atoms with Crippen molar-refractivity contribution in [2.75, 3.05) is 12.4 Å². The highest BCUT2D eigenvalue weighted by molar-refractivity contribution is 7.91. The SMILES string of the molecule is CC1(C)O[C@@H]([C@@H](O)CS(=O)(=O)c2ccccc2)[C@@H](CO)O1. The summed E-state index contributed by atoms with van der Waals surface area (Å²) >= 11 is 0. The predicted octanol–water partition coefficient (Wildman–Crippen LogP) is 0.334. The van der Waals surface area contributed by atoms with Crippen LogP contribution in [0.25, 0.3) is 0 Å². The Labute approximate surface area is 124 Å². The van der Waals surface area contributed by atoms with Gasteiger partial charge >= 0.3 is 0 Å². The van der Waals surface area contributed by atoms with Gasteiger partial charge in [0.25, 0.3) is 0 Å². The van der Waals surface area contributed by atoms with Crippen LogP contribution >= 0.6 is 0 Å². The van der Waals surface area contributed by atoms with E-state index in [0.29, 0.717) is 0 Å². The molecular formula is C14H20O6S. The lowest BCUT2D eigenvalue weighted by Crippen LogP contribution is -2.41. The van der Waals surface area contributed by atoms with E-state index < -0.39 is 39.7 Å². The van der Waals surface area contributed by atoms with Crippen molar-refractivity contribution in [3.63, 3.8) is 0 Å². The summed E-state index contributed by atoms with van der Waals surface area (Å²) in [4.78, 5) is 0.141. The van der Waals surface area contributed by atoms with E-state index in [9.17, 15) is 18.6 Å². The summed E-state index contributed by atoms with van der Waals surface area (Å²) in [7, 11) is -3.63. The lowest BCUT2D eigenvalue weighted by molar-refractivity contribution is -0.155. The van der Waals surface area contributed by atoms with Gasteiger partial charge in [-0.3, -0.25) is 0 Å². The lowest BCUT2D eigenvalue weighted by Gasteiger charge is -2.21. The molecule has 0 spiro atoms. The van der Waals surface area contributed by atoms with Gasteiger partial charge in [0, 0.05) is 0 Å². The smallest absolute Gasteiger partial charge is 0.181 e. The van der Waals surface area contributed by atoms with Crippen molar-refractivity contribution in [3.05, 3.63) is 30.3 Å². The molecule has 0 radical (unpaired) electrons. The van der Waals surface area contributed by atoms with Crippen LogP contribution in [0.1, 0.15) is 13.8 Å². The Morgan fingerprint density at radius 1 is 1.24 bits per heavy atom. The molecule has 0 aliphatic carbocycles. The number of hydrogen-bond acceptors (Lipinski definition) is 6. The third kappa shape index (κ3) is 3.81. The van der Waals surface area contributed by atoms with E-state index in [2.05, 4.69) is 0 Å². The molecule has 0 amide bonds. The van der Waals surface area contributed by atoms with Crippen LogP contribution in [-0.4, -0.2) is 55.1 Å². The fourth-order valence-corrected chi connectivity index (χ4v) is 3.78. The summed E-state index contributed by atoms with van der Waals surface area (Å²) < 4.78 is 35.4. The van der Waals surface area contributed by atoms with Crippen LogP contribution in [0.5, 0.6) is 0 Å². The maximum Gasteiger partial charge on any atom is 0.181 e. The molecule has 1 heterocycles. The number of sulfone groups is 1. The summed E-state index contributed by atoms with van der Waals surface area (Å²) in [5, 5.41) is 19.5. The van der Waals surface area contributed by atoms with Crippen LogP contribution in [-0.2, 0) is 19.3 Å². The number of benzene rings is 1. The highest BCUT2D eigenvalue weighted by Gasteiger charge is 2.45. The standard InChI is InChI=1S/C14H20O6S/c1-14(2)19-12(8-15)13(20-14)11(16)9-21(17,18)10-6-4-3-5-7-10/h3-7,11-13,15-16H,8-9H2,1-2H3/t11-,12+,13-/m0/s1. The molecule has 0 aromatic heterocycles. The molecule has 1 saturated heterocycles. The molecule has 1 aromatic carbocycles. The van der Waals surface area contributed by atoms with Crippen molar-refractivity contribution in [1.82, 2.24) is 0 Å². The number of aliphatic hydroxyl groups is 2. The molecule has 21 heavy (non-hydrogen) atoms. The van der Waals surface area contributed by atoms with Crippen LogP contribution in [0.2, 0.25) is 0 Å². The summed E-state index contributed by atoms with van der Waals surface area (Å²) in [6, 6.07) is 7.90. The molecule has 0 saturated carbocycles. The zero-order valence-electron chi connectivity index (χ0n) is 12.0. The van der Waals surface area contributed by atoms with Gasteiger partial charge in [0.15, 0.2) is 15.6 Å². The molecule has 3 atom stereocenters. The van der Waals surface area contributed by atoms with E-state index in [-0.39, 0.29) is 11.5 Å². The Balaban J connectivity index is 2.13. The monoisotopic (exact) mass is 316 g/mol. The Hall–Kier alpha value is -0.990. The van der Waals surface area contributed by atoms with Crippen LogP contribution in [0.3, 0.4) is 0 Å². The van der Waals surface area contributed by atoms with Gasteiger partial charge in [-0.2, -0.15) is 0 Å². The van der Waals surface area contributed by atoms with Gasteiger partial charge < -0.3 is 19.7 Å². The molecule has 0 bridgehead atoms. The maximum atomic E-state index is 12.2. The van der Waals surface area contributed by atoms with E-state index in [1.165, 1.54) is 12.1 Å². The topological polar surface area (TPSA) is 93.1 Å². The van der Waals surface area contributed by atoms with Crippen LogP contribution < -0.4 is 0 Å². The Bertz CT molecular complexity index is 568. The minimum atomic E-state index is -3.63. The average molecular weight is 316 g/mol. The molecule has 1 aliphatic heterocycles. The second-order valence-corrected chi connectivity index (χ2v) is 7.52. The molecular weight excluding hydrogens is 296 g/mol.